The molecule has 5 aromatic rings. The SMILES string of the molecule is [2H]C(Nc1cc(Cl)c2ncc(C#N)c(NC(CC)c3ccccc3)c2c1)(c1cn(C2CC2)nn1)c1cccnc1Cl. The summed E-state index contributed by atoms with van der Waals surface area (Å²) in [5, 5.41) is 26.7. The second-order valence-electron chi connectivity index (χ2n) is 9.69. The highest BCUT2D eigenvalue weighted by Gasteiger charge is 2.28. The molecule has 2 atom stereocenters. The van der Waals surface area contributed by atoms with E-state index in [1.807, 2.05) is 24.3 Å². The maximum Gasteiger partial charge on any atom is 0.134 e. The summed E-state index contributed by atoms with van der Waals surface area (Å²) in [6.45, 7) is 2.08. The number of fused-ring (bicyclic) bond motifs is 1. The standard InChI is InChI=1S/C30H26Cl2N8/c1-2-25(18-7-4-3-5-8-18)37-27-19(15-33)16-35-28-23(27)13-20(14-24(28)31)36-29(22-9-6-12-34-30(22)32)26-17-40(39-38-26)21-10-11-21/h3-9,12-14,16-17,21,25,29,36H,2,10-11H2,1H3,(H,35,37)/i29D. The van der Waals surface area contributed by atoms with Crippen molar-refractivity contribution in [2.75, 3.05) is 10.6 Å². The minimum Gasteiger partial charge on any atom is -0.377 e. The third-order valence-electron chi connectivity index (χ3n) is 6.96. The largest absolute Gasteiger partial charge is 0.377 e. The Kier molecular flexibility index (Phi) is 6.90. The molecule has 40 heavy (non-hydrogen) atoms. The molecule has 3 heterocycles. The van der Waals surface area contributed by atoms with E-state index in [0.717, 1.165) is 24.8 Å². The smallest absolute Gasteiger partial charge is 0.134 e. The maximum absolute atomic E-state index is 9.99. The van der Waals surface area contributed by atoms with Crippen molar-refractivity contribution in [3.8, 4) is 6.07 Å². The summed E-state index contributed by atoms with van der Waals surface area (Å²) in [5.41, 5.74) is 3.95. The molecule has 1 saturated carbocycles. The van der Waals surface area contributed by atoms with Crippen LogP contribution in [0.1, 0.15) is 68.0 Å². The van der Waals surface area contributed by atoms with Crippen molar-refractivity contribution in [3.05, 3.63) is 106 Å². The van der Waals surface area contributed by atoms with Gasteiger partial charge in [0.1, 0.15) is 22.9 Å². The van der Waals surface area contributed by atoms with Gasteiger partial charge in [0, 0.05) is 29.0 Å². The van der Waals surface area contributed by atoms with Gasteiger partial charge in [0.2, 0.25) is 0 Å². The summed E-state index contributed by atoms with van der Waals surface area (Å²) in [5.74, 6) is 0. The van der Waals surface area contributed by atoms with Crippen LogP contribution in [0.3, 0.4) is 0 Å². The van der Waals surface area contributed by atoms with Crippen molar-refractivity contribution in [2.45, 2.75) is 44.3 Å². The van der Waals surface area contributed by atoms with Crippen molar-refractivity contribution in [1.82, 2.24) is 25.0 Å². The molecule has 0 bridgehead atoms. The Bertz CT molecular complexity index is 1770. The first-order chi connectivity index (χ1) is 19.9. The van der Waals surface area contributed by atoms with E-state index in [9.17, 15) is 6.63 Å². The molecule has 0 aliphatic heterocycles. The Morgan fingerprint density at radius 1 is 1.12 bits per heavy atom. The van der Waals surface area contributed by atoms with Crippen LogP contribution in [0.5, 0.6) is 0 Å². The molecule has 0 radical (unpaired) electrons. The maximum atomic E-state index is 9.99. The van der Waals surface area contributed by atoms with E-state index >= 15 is 0 Å². The van der Waals surface area contributed by atoms with Gasteiger partial charge in [0.05, 0.1) is 41.4 Å². The molecule has 1 aliphatic carbocycles. The number of rotatable bonds is 9. The zero-order chi connectivity index (χ0) is 28.6. The molecular formula is C30H26Cl2N8. The van der Waals surface area contributed by atoms with Gasteiger partial charge in [-0.15, -0.1) is 5.10 Å². The minimum absolute atomic E-state index is 0.0498. The molecular weight excluding hydrogens is 543 g/mol. The van der Waals surface area contributed by atoms with E-state index in [4.69, 9.17) is 23.2 Å². The van der Waals surface area contributed by atoms with E-state index < -0.39 is 6.02 Å². The molecule has 8 nitrogen and oxygen atoms in total. The van der Waals surface area contributed by atoms with Gasteiger partial charge in [-0.1, -0.05) is 71.7 Å². The third-order valence-corrected chi connectivity index (χ3v) is 7.55. The van der Waals surface area contributed by atoms with Gasteiger partial charge in [0.25, 0.3) is 0 Å². The van der Waals surface area contributed by atoms with Crippen molar-refractivity contribution in [1.29, 1.82) is 5.26 Å². The van der Waals surface area contributed by atoms with Crippen LogP contribution in [0.25, 0.3) is 10.9 Å². The molecule has 1 fully saturated rings. The number of nitriles is 1. The lowest BCUT2D eigenvalue weighted by molar-refractivity contribution is 0.610. The lowest BCUT2D eigenvalue weighted by atomic mass is 10.0. The van der Waals surface area contributed by atoms with Gasteiger partial charge in [0.15, 0.2) is 0 Å². The molecule has 0 saturated heterocycles. The van der Waals surface area contributed by atoms with Crippen LogP contribution in [-0.2, 0) is 0 Å². The van der Waals surface area contributed by atoms with Crippen LogP contribution < -0.4 is 10.6 Å². The van der Waals surface area contributed by atoms with E-state index in [-0.39, 0.29) is 11.2 Å². The zero-order valence-corrected chi connectivity index (χ0v) is 23.2. The highest BCUT2D eigenvalue weighted by molar-refractivity contribution is 6.36. The Morgan fingerprint density at radius 3 is 2.67 bits per heavy atom. The topological polar surface area (TPSA) is 104 Å². The van der Waals surface area contributed by atoms with Gasteiger partial charge in [-0.2, -0.15) is 5.26 Å². The number of nitrogens with zero attached hydrogens (tertiary/aromatic N) is 6. The number of halogens is 2. The van der Waals surface area contributed by atoms with Crippen molar-refractivity contribution < 1.29 is 1.37 Å². The Morgan fingerprint density at radius 2 is 1.95 bits per heavy atom. The van der Waals surface area contributed by atoms with Gasteiger partial charge >= 0.3 is 0 Å². The summed E-state index contributed by atoms with van der Waals surface area (Å²) in [7, 11) is 0. The van der Waals surface area contributed by atoms with Crippen LogP contribution >= 0.6 is 23.2 Å². The Balaban J connectivity index is 1.47. The fraction of sp³-hybridized carbons (Fsp3) is 0.233. The van der Waals surface area contributed by atoms with Crippen LogP contribution in [0.4, 0.5) is 11.4 Å². The second-order valence-corrected chi connectivity index (χ2v) is 10.5. The fourth-order valence-corrected chi connectivity index (χ4v) is 5.23. The summed E-state index contributed by atoms with van der Waals surface area (Å²) < 4.78 is 11.4. The molecule has 3 aromatic heterocycles. The van der Waals surface area contributed by atoms with Crippen LogP contribution in [0.2, 0.25) is 10.2 Å². The average Bonchev–Trinajstić information content (AvgIpc) is 3.71. The quantitative estimate of drug-likeness (QED) is 0.177. The van der Waals surface area contributed by atoms with Crippen molar-refractivity contribution in [2.24, 2.45) is 0 Å². The van der Waals surface area contributed by atoms with E-state index in [2.05, 4.69) is 56.0 Å². The lowest BCUT2D eigenvalue weighted by Crippen LogP contribution is -2.14. The first-order valence-electron chi connectivity index (χ1n) is 13.6. The van der Waals surface area contributed by atoms with Crippen molar-refractivity contribution >= 4 is 45.5 Å². The number of nitrogens with one attached hydrogen (secondary N) is 2. The highest BCUT2D eigenvalue weighted by Crippen LogP contribution is 2.39. The van der Waals surface area contributed by atoms with E-state index in [1.54, 1.807) is 35.3 Å². The second kappa shape index (κ2) is 11.1. The number of benzene rings is 2. The zero-order valence-electron chi connectivity index (χ0n) is 22.6. The van der Waals surface area contributed by atoms with Crippen molar-refractivity contribution in [3.63, 3.8) is 0 Å². The third kappa shape index (κ3) is 5.18. The van der Waals surface area contributed by atoms with E-state index in [1.165, 1.54) is 6.20 Å². The lowest BCUT2D eigenvalue weighted by Gasteiger charge is -2.22. The number of aromatic nitrogens is 5. The summed E-state index contributed by atoms with van der Waals surface area (Å²) in [6, 6.07) is 17.9. The molecule has 200 valence electrons. The molecule has 0 spiro atoms. The molecule has 2 unspecified atom stereocenters. The first kappa shape index (κ1) is 24.8. The summed E-state index contributed by atoms with van der Waals surface area (Å²) >= 11 is 13.3. The molecule has 2 aromatic carbocycles. The number of anilines is 2. The predicted octanol–water partition coefficient (Wildman–Crippen LogP) is 7.50. The predicted molar refractivity (Wildman–Crippen MR) is 158 cm³/mol. The number of hydrogen-bond acceptors (Lipinski definition) is 7. The van der Waals surface area contributed by atoms with Gasteiger partial charge in [-0.25, -0.2) is 9.67 Å². The molecule has 10 heteroatoms. The number of pyridine rings is 2. The van der Waals surface area contributed by atoms with Gasteiger partial charge in [-0.3, -0.25) is 4.98 Å². The first-order valence-corrected chi connectivity index (χ1v) is 13.8. The van der Waals surface area contributed by atoms with Gasteiger partial charge < -0.3 is 10.6 Å². The summed E-state index contributed by atoms with van der Waals surface area (Å²) in [4.78, 5) is 8.70. The molecule has 1 aliphatic rings. The fourth-order valence-electron chi connectivity index (χ4n) is 4.75. The Labute approximate surface area is 243 Å². The molecule has 6 rings (SSSR count). The summed E-state index contributed by atoms with van der Waals surface area (Å²) in [6.07, 6.45) is 7.72. The van der Waals surface area contributed by atoms with Crippen LogP contribution in [0.15, 0.2) is 73.2 Å². The monoisotopic (exact) mass is 569 g/mol. The Hall–Kier alpha value is -4.19. The molecule has 0 amide bonds. The van der Waals surface area contributed by atoms with E-state index in [0.29, 0.717) is 50.2 Å². The van der Waals surface area contributed by atoms with Gasteiger partial charge in [-0.05, 0) is 43.0 Å². The average molecular weight is 571 g/mol. The normalized spacial score (nSPS) is 15.6. The van der Waals surface area contributed by atoms with Crippen LogP contribution in [0, 0.1) is 11.3 Å². The number of hydrogen-bond donors (Lipinski definition) is 2. The molecule has 2 N–H and O–H groups in total. The minimum atomic E-state index is -1.64. The van der Waals surface area contributed by atoms with Crippen LogP contribution in [-0.4, -0.2) is 25.0 Å². The highest BCUT2D eigenvalue weighted by atomic mass is 35.5.